The molecule has 0 aromatic rings. The van der Waals surface area contributed by atoms with E-state index >= 15 is 0 Å². The molecular formula is C7H14N2O5S. The molecule has 2 amide bonds. The van der Waals surface area contributed by atoms with Crippen molar-refractivity contribution in [2.45, 2.75) is 0 Å². The number of carbonyl (C=O) groups is 2. The molecule has 0 aliphatic heterocycles. The number of amides is 2. The third-order valence-electron chi connectivity index (χ3n) is 0.402. The fourth-order valence-electron chi connectivity index (χ4n) is 0. The summed E-state index contributed by atoms with van der Waals surface area (Å²) in [6.07, 6.45) is 2.83. The normalized spacial score (nSPS) is 8.13. The topological polar surface area (TPSA) is 141 Å². The average Bonchev–Trinajstić information content (AvgIpc) is 2.02. The molecule has 0 bridgehead atoms. The Labute approximate surface area is 88.2 Å². The van der Waals surface area contributed by atoms with Crippen molar-refractivity contribution in [3.05, 3.63) is 25.3 Å². The fourth-order valence-corrected chi connectivity index (χ4v) is 0. The predicted molar refractivity (Wildman–Crippen MR) is 56.3 cm³/mol. The van der Waals surface area contributed by atoms with E-state index in [2.05, 4.69) is 24.6 Å². The maximum Gasteiger partial charge on any atom is 0.261 e. The Balaban J connectivity index is -0.000000144. The van der Waals surface area contributed by atoms with Crippen LogP contribution in [0.25, 0.3) is 0 Å². The van der Waals surface area contributed by atoms with E-state index in [-0.39, 0.29) is 0 Å². The molecule has 0 spiro atoms. The third-order valence-corrected chi connectivity index (χ3v) is 0.402. The lowest BCUT2D eigenvalue weighted by molar-refractivity contribution is -0.114. The van der Waals surface area contributed by atoms with E-state index in [0.717, 1.165) is 12.2 Å². The van der Waals surface area contributed by atoms with Crippen LogP contribution >= 0.6 is 0 Å². The molecule has 0 radical (unpaired) electrons. The maximum atomic E-state index is 9.47. The van der Waals surface area contributed by atoms with Gasteiger partial charge >= 0.3 is 0 Å². The van der Waals surface area contributed by atoms with Crippen LogP contribution in [-0.2, 0) is 19.7 Å². The first-order valence-electron chi connectivity index (χ1n) is 3.30. The minimum Gasteiger partial charge on any atom is -0.366 e. The molecule has 0 saturated carbocycles. The molecule has 0 aliphatic carbocycles. The summed E-state index contributed by atoms with van der Waals surface area (Å²) in [6, 6.07) is 0. The Bertz CT molecular complexity index is 294. The van der Waals surface area contributed by atoms with E-state index in [4.69, 9.17) is 4.55 Å². The van der Waals surface area contributed by atoms with Crippen molar-refractivity contribution in [3.8, 4) is 0 Å². The van der Waals surface area contributed by atoms with E-state index in [0.29, 0.717) is 6.26 Å². The fraction of sp³-hybridized carbons (Fsp3) is 0.143. The van der Waals surface area contributed by atoms with E-state index in [1.54, 1.807) is 0 Å². The first-order valence-corrected chi connectivity index (χ1v) is 5.15. The van der Waals surface area contributed by atoms with Crippen molar-refractivity contribution < 1.29 is 22.6 Å². The molecule has 7 nitrogen and oxygen atoms in total. The third kappa shape index (κ3) is 242. The molecular weight excluding hydrogens is 224 g/mol. The molecule has 0 rings (SSSR count). The second-order valence-corrected chi connectivity index (χ2v) is 3.41. The van der Waals surface area contributed by atoms with Gasteiger partial charge < -0.3 is 11.5 Å². The van der Waals surface area contributed by atoms with E-state index < -0.39 is 21.9 Å². The zero-order chi connectivity index (χ0) is 13.1. The van der Waals surface area contributed by atoms with Crippen molar-refractivity contribution in [2.24, 2.45) is 11.5 Å². The van der Waals surface area contributed by atoms with Gasteiger partial charge in [-0.25, -0.2) is 0 Å². The van der Waals surface area contributed by atoms with Crippen LogP contribution in [0.3, 0.4) is 0 Å². The summed E-state index contributed by atoms with van der Waals surface area (Å²) in [7, 11) is -3.67. The quantitative estimate of drug-likeness (QED) is 0.410. The van der Waals surface area contributed by atoms with E-state index in [9.17, 15) is 18.0 Å². The minimum absolute atomic E-state index is 0.481. The van der Waals surface area contributed by atoms with Gasteiger partial charge in [-0.15, -0.1) is 0 Å². The van der Waals surface area contributed by atoms with Gasteiger partial charge in [-0.3, -0.25) is 14.1 Å². The van der Waals surface area contributed by atoms with Gasteiger partial charge in [0.15, 0.2) is 0 Å². The first-order chi connectivity index (χ1) is 6.54. The summed E-state index contributed by atoms with van der Waals surface area (Å²) in [5.74, 6) is -0.963. The highest BCUT2D eigenvalue weighted by molar-refractivity contribution is 7.85. The van der Waals surface area contributed by atoms with E-state index in [1.807, 2.05) is 0 Å². The molecule has 15 heavy (non-hydrogen) atoms. The second-order valence-electron chi connectivity index (χ2n) is 1.95. The Morgan fingerprint density at radius 2 is 1.20 bits per heavy atom. The van der Waals surface area contributed by atoms with Crippen LogP contribution in [0, 0.1) is 0 Å². The Hall–Kier alpha value is -1.67. The molecule has 0 aromatic heterocycles. The number of primary amides is 2. The first kappa shape index (κ1) is 19.0. The highest BCUT2D eigenvalue weighted by atomic mass is 32.2. The van der Waals surface area contributed by atoms with Gasteiger partial charge in [0.1, 0.15) is 0 Å². The zero-order valence-corrected chi connectivity index (χ0v) is 9.03. The van der Waals surface area contributed by atoms with Gasteiger partial charge in [0.2, 0.25) is 11.8 Å². The molecule has 0 unspecified atom stereocenters. The molecule has 8 heteroatoms. The summed E-state index contributed by atoms with van der Waals surface area (Å²) in [5.41, 5.74) is 9.07. The summed E-state index contributed by atoms with van der Waals surface area (Å²) in [4.78, 5) is 18.9. The molecule has 0 fully saturated rings. The van der Waals surface area contributed by atoms with Crippen molar-refractivity contribution >= 4 is 21.9 Å². The highest BCUT2D eigenvalue weighted by Crippen LogP contribution is 1.60. The molecule has 0 aromatic carbocycles. The van der Waals surface area contributed by atoms with Gasteiger partial charge in [0.05, 0.1) is 6.26 Å². The molecule has 0 saturated heterocycles. The molecule has 5 N–H and O–H groups in total. The number of hydrogen-bond acceptors (Lipinski definition) is 4. The van der Waals surface area contributed by atoms with Gasteiger partial charge in [-0.05, 0) is 12.2 Å². The number of nitrogens with two attached hydrogens (primary N) is 2. The van der Waals surface area contributed by atoms with Crippen LogP contribution < -0.4 is 11.5 Å². The Morgan fingerprint density at radius 1 is 1.13 bits per heavy atom. The lowest BCUT2D eigenvalue weighted by Gasteiger charge is -1.69. The van der Waals surface area contributed by atoms with Crippen LogP contribution in [0.4, 0.5) is 0 Å². The van der Waals surface area contributed by atoms with Crippen LogP contribution in [0.5, 0.6) is 0 Å². The lowest BCUT2D eigenvalue weighted by Crippen LogP contribution is -2.04. The molecule has 88 valence electrons. The van der Waals surface area contributed by atoms with Crippen molar-refractivity contribution in [1.82, 2.24) is 0 Å². The SMILES string of the molecule is C=CC(N)=O.C=CC(N)=O.CS(=O)(=O)O. The van der Waals surface area contributed by atoms with Gasteiger partial charge in [-0.1, -0.05) is 13.2 Å². The summed E-state index contributed by atoms with van der Waals surface area (Å²) >= 11 is 0. The summed E-state index contributed by atoms with van der Waals surface area (Å²) in [6.45, 7) is 6.17. The number of carbonyl (C=O) groups excluding carboxylic acids is 2. The van der Waals surface area contributed by atoms with Gasteiger partial charge in [0, 0.05) is 0 Å². The second kappa shape index (κ2) is 10.4. The summed E-state index contributed by atoms with van der Waals surface area (Å²) < 4.78 is 25.9. The predicted octanol–water partition coefficient (Wildman–Crippen LogP) is -1.18. The van der Waals surface area contributed by atoms with Crippen LogP contribution in [0.2, 0.25) is 0 Å². The van der Waals surface area contributed by atoms with Crippen LogP contribution in [0.15, 0.2) is 25.3 Å². The molecule has 0 atom stereocenters. The lowest BCUT2D eigenvalue weighted by atomic mass is 10.6. The molecule has 0 heterocycles. The minimum atomic E-state index is -3.67. The van der Waals surface area contributed by atoms with Crippen molar-refractivity contribution in [3.63, 3.8) is 0 Å². The highest BCUT2D eigenvalue weighted by Gasteiger charge is 1.81. The van der Waals surface area contributed by atoms with Crippen molar-refractivity contribution in [2.75, 3.05) is 6.26 Å². The number of rotatable bonds is 2. The van der Waals surface area contributed by atoms with E-state index in [1.165, 1.54) is 0 Å². The largest absolute Gasteiger partial charge is 0.366 e. The zero-order valence-electron chi connectivity index (χ0n) is 8.21. The Morgan fingerprint density at radius 3 is 1.20 bits per heavy atom. The number of hydrogen-bond donors (Lipinski definition) is 3. The summed E-state index contributed by atoms with van der Waals surface area (Å²) in [5, 5.41) is 0. The van der Waals surface area contributed by atoms with Crippen LogP contribution in [0.1, 0.15) is 0 Å². The van der Waals surface area contributed by atoms with Gasteiger partial charge in [0.25, 0.3) is 10.1 Å². The molecule has 0 aliphatic rings. The standard InChI is InChI=1S/2C3H5NO.CH4O3S/c2*1-2-3(4)5;1-5(2,3)4/h2*2H,1H2,(H2,4,5);1H3,(H,2,3,4). The smallest absolute Gasteiger partial charge is 0.261 e. The maximum absolute atomic E-state index is 9.47. The van der Waals surface area contributed by atoms with Gasteiger partial charge in [-0.2, -0.15) is 8.42 Å². The van der Waals surface area contributed by atoms with Crippen molar-refractivity contribution in [1.29, 1.82) is 0 Å². The Kier molecular flexibility index (Phi) is 13.2. The monoisotopic (exact) mass is 238 g/mol. The van der Waals surface area contributed by atoms with Crippen LogP contribution in [-0.4, -0.2) is 31.0 Å². The average molecular weight is 238 g/mol.